The number of aryl methyl sites for hydroxylation is 1. The predicted molar refractivity (Wildman–Crippen MR) is 94.3 cm³/mol. The Labute approximate surface area is 146 Å². The quantitative estimate of drug-likeness (QED) is 0.806. The molecule has 6 heteroatoms. The number of carbonyl (C=O) groups excluding carboxylic acids is 1. The summed E-state index contributed by atoms with van der Waals surface area (Å²) in [7, 11) is 1.59. The average Bonchev–Trinajstić information content (AvgIpc) is 2.59. The Bertz CT molecular complexity index is 772. The third kappa shape index (κ3) is 4.97. The van der Waals surface area contributed by atoms with Gasteiger partial charge in [0.1, 0.15) is 11.5 Å². The molecule has 0 saturated heterocycles. The largest absolute Gasteiger partial charge is 0.496 e. The van der Waals surface area contributed by atoms with Gasteiger partial charge in [0, 0.05) is 5.69 Å². The van der Waals surface area contributed by atoms with Crippen LogP contribution in [0.5, 0.6) is 11.5 Å². The number of anilines is 1. The van der Waals surface area contributed by atoms with Crippen LogP contribution in [0.15, 0.2) is 42.5 Å². The minimum Gasteiger partial charge on any atom is -0.496 e. The molecule has 2 aromatic rings. The first-order chi connectivity index (χ1) is 11.9. The fraction of sp³-hybridized carbons (Fsp3) is 0.263. The van der Waals surface area contributed by atoms with Gasteiger partial charge in [-0.1, -0.05) is 12.1 Å². The van der Waals surface area contributed by atoms with Crippen molar-refractivity contribution in [1.82, 2.24) is 0 Å². The first-order valence-corrected chi connectivity index (χ1v) is 7.80. The molecule has 132 valence electrons. The SMILES string of the molecule is COc1ccc(OCC(=O)Nc2cccc(C(C)C(=O)O)c2)cc1C. The van der Waals surface area contributed by atoms with Gasteiger partial charge in [0.2, 0.25) is 0 Å². The Morgan fingerprint density at radius 1 is 1.20 bits per heavy atom. The first kappa shape index (κ1) is 18.3. The van der Waals surface area contributed by atoms with E-state index in [-0.39, 0.29) is 12.5 Å². The van der Waals surface area contributed by atoms with Crippen molar-refractivity contribution in [2.45, 2.75) is 19.8 Å². The standard InChI is InChI=1S/C19H21NO5/c1-12-9-16(7-8-17(12)24-3)25-11-18(21)20-15-6-4-5-14(10-15)13(2)19(22)23/h4-10,13H,11H2,1-3H3,(H,20,21)(H,22,23). The fourth-order valence-electron chi connectivity index (χ4n) is 2.31. The monoisotopic (exact) mass is 343 g/mol. The van der Waals surface area contributed by atoms with E-state index in [0.717, 1.165) is 11.3 Å². The molecule has 0 aliphatic heterocycles. The molecule has 0 bridgehead atoms. The number of methoxy groups -OCH3 is 1. The van der Waals surface area contributed by atoms with Crippen molar-refractivity contribution in [3.63, 3.8) is 0 Å². The number of carboxylic acid groups (broad SMARTS) is 1. The molecule has 0 fully saturated rings. The number of carbonyl (C=O) groups is 2. The lowest BCUT2D eigenvalue weighted by Crippen LogP contribution is -2.20. The molecular formula is C19H21NO5. The lowest BCUT2D eigenvalue weighted by molar-refractivity contribution is -0.138. The highest BCUT2D eigenvalue weighted by Gasteiger charge is 2.14. The lowest BCUT2D eigenvalue weighted by atomic mass is 10.0. The van der Waals surface area contributed by atoms with Crippen molar-refractivity contribution >= 4 is 17.6 Å². The molecule has 0 aromatic heterocycles. The van der Waals surface area contributed by atoms with Crippen LogP contribution in [0, 0.1) is 6.92 Å². The van der Waals surface area contributed by atoms with Crippen LogP contribution in [-0.4, -0.2) is 30.7 Å². The van der Waals surface area contributed by atoms with Crippen molar-refractivity contribution in [3.8, 4) is 11.5 Å². The van der Waals surface area contributed by atoms with E-state index in [1.54, 1.807) is 56.5 Å². The molecule has 1 unspecified atom stereocenters. The summed E-state index contributed by atoms with van der Waals surface area (Å²) in [5.41, 5.74) is 2.07. The van der Waals surface area contributed by atoms with Gasteiger partial charge >= 0.3 is 5.97 Å². The summed E-state index contributed by atoms with van der Waals surface area (Å²) < 4.78 is 10.6. The number of hydrogen-bond donors (Lipinski definition) is 2. The van der Waals surface area contributed by atoms with Gasteiger partial charge in [0.15, 0.2) is 6.61 Å². The molecule has 0 aliphatic carbocycles. The zero-order valence-electron chi connectivity index (χ0n) is 14.4. The van der Waals surface area contributed by atoms with Gasteiger partial charge in [-0.15, -0.1) is 0 Å². The van der Waals surface area contributed by atoms with Crippen molar-refractivity contribution in [3.05, 3.63) is 53.6 Å². The number of amides is 1. The molecule has 2 N–H and O–H groups in total. The average molecular weight is 343 g/mol. The van der Waals surface area contributed by atoms with Crippen molar-refractivity contribution in [1.29, 1.82) is 0 Å². The second-order valence-electron chi connectivity index (χ2n) is 5.65. The van der Waals surface area contributed by atoms with Crippen LogP contribution >= 0.6 is 0 Å². The molecule has 0 aliphatic rings. The van der Waals surface area contributed by atoms with E-state index in [1.807, 2.05) is 6.92 Å². The van der Waals surface area contributed by atoms with Crippen molar-refractivity contribution in [2.75, 3.05) is 19.0 Å². The summed E-state index contributed by atoms with van der Waals surface area (Å²) in [6, 6.07) is 12.1. The van der Waals surface area contributed by atoms with Crippen LogP contribution in [0.4, 0.5) is 5.69 Å². The van der Waals surface area contributed by atoms with E-state index in [1.165, 1.54) is 0 Å². The van der Waals surface area contributed by atoms with Crippen molar-refractivity contribution in [2.24, 2.45) is 0 Å². The van der Waals surface area contributed by atoms with Crippen LogP contribution in [-0.2, 0) is 9.59 Å². The Kier molecular flexibility index (Phi) is 6.00. The summed E-state index contributed by atoms with van der Waals surface area (Å²) in [6.45, 7) is 3.34. The van der Waals surface area contributed by atoms with E-state index in [0.29, 0.717) is 17.0 Å². The van der Waals surface area contributed by atoms with Gasteiger partial charge in [-0.2, -0.15) is 0 Å². The summed E-state index contributed by atoms with van der Waals surface area (Å²) >= 11 is 0. The Morgan fingerprint density at radius 3 is 2.60 bits per heavy atom. The Morgan fingerprint density at radius 2 is 1.96 bits per heavy atom. The zero-order valence-corrected chi connectivity index (χ0v) is 14.4. The van der Waals surface area contributed by atoms with Crippen LogP contribution in [0.1, 0.15) is 24.0 Å². The second kappa shape index (κ2) is 8.19. The highest BCUT2D eigenvalue weighted by molar-refractivity contribution is 5.92. The summed E-state index contributed by atoms with van der Waals surface area (Å²) in [4.78, 5) is 23.1. The maximum atomic E-state index is 12.0. The third-order valence-electron chi connectivity index (χ3n) is 3.78. The lowest BCUT2D eigenvalue weighted by Gasteiger charge is -2.11. The van der Waals surface area contributed by atoms with Gasteiger partial charge in [0.25, 0.3) is 5.91 Å². The summed E-state index contributed by atoms with van der Waals surface area (Å²) in [6.07, 6.45) is 0. The number of rotatable bonds is 7. The topological polar surface area (TPSA) is 84.9 Å². The molecule has 1 amide bonds. The smallest absolute Gasteiger partial charge is 0.310 e. The number of benzene rings is 2. The molecule has 0 radical (unpaired) electrons. The maximum absolute atomic E-state index is 12.0. The minimum atomic E-state index is -0.915. The van der Waals surface area contributed by atoms with Crippen LogP contribution in [0.2, 0.25) is 0 Å². The predicted octanol–water partition coefficient (Wildman–Crippen LogP) is 3.21. The van der Waals surface area contributed by atoms with Crippen molar-refractivity contribution < 1.29 is 24.2 Å². The highest BCUT2D eigenvalue weighted by atomic mass is 16.5. The summed E-state index contributed by atoms with van der Waals surface area (Å²) in [5.74, 6) is -0.562. The van der Waals surface area contributed by atoms with Gasteiger partial charge in [-0.3, -0.25) is 9.59 Å². The molecule has 6 nitrogen and oxygen atoms in total. The Balaban J connectivity index is 1.95. The van der Waals surface area contributed by atoms with Crippen LogP contribution < -0.4 is 14.8 Å². The number of nitrogens with one attached hydrogen (secondary N) is 1. The van der Waals surface area contributed by atoms with E-state index < -0.39 is 11.9 Å². The maximum Gasteiger partial charge on any atom is 0.310 e. The molecule has 25 heavy (non-hydrogen) atoms. The number of hydrogen-bond acceptors (Lipinski definition) is 4. The molecular weight excluding hydrogens is 322 g/mol. The van der Waals surface area contributed by atoms with Crippen LogP contribution in [0.25, 0.3) is 0 Å². The second-order valence-corrected chi connectivity index (χ2v) is 5.65. The normalized spacial score (nSPS) is 11.5. The molecule has 0 heterocycles. The fourth-order valence-corrected chi connectivity index (χ4v) is 2.31. The molecule has 2 aromatic carbocycles. The van der Waals surface area contributed by atoms with Gasteiger partial charge < -0.3 is 19.9 Å². The molecule has 0 saturated carbocycles. The number of aliphatic carboxylic acids is 1. The molecule has 0 spiro atoms. The minimum absolute atomic E-state index is 0.148. The molecule has 1 atom stereocenters. The zero-order chi connectivity index (χ0) is 18.4. The summed E-state index contributed by atoms with van der Waals surface area (Å²) in [5, 5.41) is 11.8. The number of ether oxygens (including phenoxy) is 2. The van der Waals surface area contributed by atoms with Gasteiger partial charge in [-0.25, -0.2) is 0 Å². The highest BCUT2D eigenvalue weighted by Crippen LogP contribution is 2.23. The van der Waals surface area contributed by atoms with E-state index in [9.17, 15) is 9.59 Å². The van der Waals surface area contributed by atoms with Gasteiger partial charge in [-0.05, 0) is 55.3 Å². The van der Waals surface area contributed by atoms with Gasteiger partial charge in [0.05, 0.1) is 13.0 Å². The first-order valence-electron chi connectivity index (χ1n) is 7.80. The van der Waals surface area contributed by atoms with E-state index in [2.05, 4.69) is 5.32 Å². The molecule has 2 rings (SSSR count). The van der Waals surface area contributed by atoms with Crippen LogP contribution in [0.3, 0.4) is 0 Å². The Hall–Kier alpha value is -3.02. The van der Waals surface area contributed by atoms with E-state index in [4.69, 9.17) is 14.6 Å². The van der Waals surface area contributed by atoms with E-state index >= 15 is 0 Å². The number of carboxylic acids is 1. The third-order valence-corrected chi connectivity index (χ3v) is 3.78.